The number of carbonyl (C=O) groups excluding carboxylic acids is 1. The van der Waals surface area contributed by atoms with Gasteiger partial charge in [0.2, 0.25) is 5.91 Å². The molecule has 0 aromatic heterocycles. The lowest BCUT2D eigenvalue weighted by Crippen LogP contribution is -2.41. The third-order valence-electron chi connectivity index (χ3n) is 4.40. The Balaban J connectivity index is 0.00000242. The highest BCUT2D eigenvalue weighted by molar-refractivity contribution is 5.85. The summed E-state index contributed by atoms with van der Waals surface area (Å²) in [5.74, 6) is 0.291. The van der Waals surface area contributed by atoms with Gasteiger partial charge >= 0.3 is 0 Å². The molecule has 2 rings (SSSR count). The van der Waals surface area contributed by atoms with Crippen molar-refractivity contribution in [3.8, 4) is 0 Å². The highest BCUT2D eigenvalue weighted by Gasteiger charge is 2.24. The molecular weight excluding hydrogens is 304 g/mol. The molecule has 0 spiro atoms. The lowest BCUT2D eigenvalue weighted by molar-refractivity contribution is -0.134. The maximum absolute atomic E-state index is 12.0. The maximum Gasteiger partial charge on any atom is 0.222 e. The Morgan fingerprint density at radius 3 is 2.68 bits per heavy atom. The third kappa shape index (κ3) is 6.82. The zero-order valence-corrected chi connectivity index (χ0v) is 14.5. The fourth-order valence-electron chi connectivity index (χ4n) is 3.03. The Kier molecular flexibility index (Phi) is 10.0. The summed E-state index contributed by atoms with van der Waals surface area (Å²) in [6.07, 6.45) is 7.67. The van der Waals surface area contributed by atoms with Crippen LogP contribution >= 0.6 is 12.4 Å². The van der Waals surface area contributed by atoms with Crippen LogP contribution in [0.1, 0.15) is 44.9 Å². The van der Waals surface area contributed by atoms with Crippen LogP contribution in [0.15, 0.2) is 0 Å². The van der Waals surface area contributed by atoms with E-state index < -0.39 is 0 Å². The lowest BCUT2D eigenvalue weighted by atomic mass is 10.1. The van der Waals surface area contributed by atoms with Crippen molar-refractivity contribution < 1.29 is 14.3 Å². The normalized spacial score (nSPS) is 23.1. The van der Waals surface area contributed by atoms with Gasteiger partial charge in [-0.15, -0.1) is 12.4 Å². The molecule has 2 fully saturated rings. The van der Waals surface area contributed by atoms with E-state index >= 15 is 0 Å². The molecule has 2 saturated heterocycles. The molecule has 2 aliphatic rings. The minimum atomic E-state index is 0. The van der Waals surface area contributed by atoms with Crippen LogP contribution in [-0.2, 0) is 14.3 Å². The zero-order valence-electron chi connectivity index (χ0n) is 13.7. The predicted molar refractivity (Wildman–Crippen MR) is 89.6 cm³/mol. The van der Waals surface area contributed by atoms with Crippen LogP contribution in [0.4, 0.5) is 0 Å². The number of carbonyl (C=O) groups is 1. The van der Waals surface area contributed by atoms with Gasteiger partial charge in [0.15, 0.2) is 0 Å². The molecule has 0 aliphatic carbocycles. The van der Waals surface area contributed by atoms with Crippen molar-refractivity contribution in [2.75, 3.05) is 39.9 Å². The highest BCUT2D eigenvalue weighted by atomic mass is 35.5. The smallest absolute Gasteiger partial charge is 0.222 e. The molecule has 5 nitrogen and oxygen atoms in total. The summed E-state index contributed by atoms with van der Waals surface area (Å²) in [7, 11) is 1.92. The predicted octanol–water partition coefficient (Wildman–Crippen LogP) is 1.98. The summed E-state index contributed by atoms with van der Waals surface area (Å²) >= 11 is 0. The first-order valence-corrected chi connectivity index (χ1v) is 8.45. The second kappa shape index (κ2) is 11.2. The van der Waals surface area contributed by atoms with Gasteiger partial charge in [0.1, 0.15) is 0 Å². The van der Waals surface area contributed by atoms with Gasteiger partial charge in [-0.1, -0.05) is 0 Å². The second-order valence-electron chi connectivity index (χ2n) is 6.11. The standard InChI is InChI=1S/C16H30N2O3.ClH/c1-17-9-4-6-16(19)18-10-7-14(8-11-18)21-13-15-5-2-3-12-20-15;/h14-15,17H,2-13H2,1H3;1H. The van der Waals surface area contributed by atoms with Crippen molar-refractivity contribution in [2.45, 2.75) is 57.2 Å². The van der Waals surface area contributed by atoms with E-state index in [0.29, 0.717) is 24.5 Å². The van der Waals surface area contributed by atoms with Gasteiger partial charge in [-0.2, -0.15) is 0 Å². The zero-order chi connectivity index (χ0) is 14.9. The van der Waals surface area contributed by atoms with Crippen molar-refractivity contribution in [3.63, 3.8) is 0 Å². The second-order valence-corrected chi connectivity index (χ2v) is 6.11. The van der Waals surface area contributed by atoms with E-state index in [4.69, 9.17) is 9.47 Å². The van der Waals surface area contributed by atoms with E-state index in [-0.39, 0.29) is 12.4 Å². The average Bonchev–Trinajstić information content (AvgIpc) is 2.54. The average molecular weight is 335 g/mol. The quantitative estimate of drug-likeness (QED) is 0.723. The van der Waals surface area contributed by atoms with Gasteiger partial charge < -0.3 is 19.7 Å². The largest absolute Gasteiger partial charge is 0.376 e. The van der Waals surface area contributed by atoms with Crippen LogP contribution in [-0.4, -0.2) is 62.9 Å². The number of hydrogen-bond donors (Lipinski definition) is 1. The first kappa shape index (κ1) is 19.7. The first-order valence-electron chi connectivity index (χ1n) is 8.45. The minimum absolute atomic E-state index is 0. The molecule has 1 atom stereocenters. The molecule has 1 unspecified atom stereocenters. The molecule has 1 amide bonds. The van der Waals surface area contributed by atoms with Gasteiger partial charge in [0.05, 0.1) is 18.8 Å². The van der Waals surface area contributed by atoms with Crippen LogP contribution in [0.3, 0.4) is 0 Å². The Hall–Kier alpha value is -0.360. The van der Waals surface area contributed by atoms with Crippen LogP contribution in [0.25, 0.3) is 0 Å². The number of ether oxygens (including phenoxy) is 2. The summed E-state index contributed by atoms with van der Waals surface area (Å²) in [5, 5.41) is 3.08. The van der Waals surface area contributed by atoms with Crippen molar-refractivity contribution in [1.82, 2.24) is 10.2 Å². The molecule has 2 aliphatic heterocycles. The molecule has 0 radical (unpaired) electrons. The van der Waals surface area contributed by atoms with E-state index in [0.717, 1.165) is 58.5 Å². The van der Waals surface area contributed by atoms with E-state index in [2.05, 4.69) is 5.32 Å². The monoisotopic (exact) mass is 334 g/mol. The number of piperidine rings is 1. The Labute approximate surface area is 140 Å². The van der Waals surface area contributed by atoms with Gasteiger partial charge in [0.25, 0.3) is 0 Å². The number of likely N-dealkylation sites (tertiary alicyclic amines) is 1. The van der Waals surface area contributed by atoms with E-state index in [1.807, 2.05) is 11.9 Å². The molecule has 22 heavy (non-hydrogen) atoms. The molecule has 0 aromatic rings. The number of amides is 1. The van der Waals surface area contributed by atoms with E-state index in [9.17, 15) is 4.79 Å². The van der Waals surface area contributed by atoms with Crippen molar-refractivity contribution in [2.24, 2.45) is 0 Å². The summed E-state index contributed by atoms with van der Waals surface area (Å²) in [5.41, 5.74) is 0. The number of hydrogen-bond acceptors (Lipinski definition) is 4. The maximum atomic E-state index is 12.0. The molecule has 2 heterocycles. The van der Waals surface area contributed by atoms with Crippen LogP contribution in [0, 0.1) is 0 Å². The van der Waals surface area contributed by atoms with Crippen LogP contribution in [0.2, 0.25) is 0 Å². The summed E-state index contributed by atoms with van der Waals surface area (Å²) < 4.78 is 11.7. The lowest BCUT2D eigenvalue weighted by Gasteiger charge is -2.33. The van der Waals surface area contributed by atoms with Gasteiger partial charge in [-0.25, -0.2) is 0 Å². The summed E-state index contributed by atoms with van der Waals surface area (Å²) in [6.45, 7) is 4.20. The topological polar surface area (TPSA) is 50.8 Å². The van der Waals surface area contributed by atoms with E-state index in [1.165, 1.54) is 12.8 Å². The van der Waals surface area contributed by atoms with Crippen LogP contribution in [0.5, 0.6) is 0 Å². The minimum Gasteiger partial charge on any atom is -0.376 e. The molecule has 0 bridgehead atoms. The molecule has 0 saturated carbocycles. The fourth-order valence-corrected chi connectivity index (χ4v) is 3.03. The molecule has 6 heteroatoms. The highest BCUT2D eigenvalue weighted by Crippen LogP contribution is 2.18. The van der Waals surface area contributed by atoms with Crippen molar-refractivity contribution >= 4 is 18.3 Å². The Bertz CT molecular complexity index is 304. The van der Waals surface area contributed by atoms with Gasteiger partial charge in [0, 0.05) is 26.1 Å². The molecular formula is C16H31ClN2O3. The number of rotatable bonds is 7. The van der Waals surface area contributed by atoms with E-state index in [1.54, 1.807) is 0 Å². The molecule has 1 N–H and O–H groups in total. The Morgan fingerprint density at radius 2 is 2.05 bits per heavy atom. The SMILES string of the molecule is CNCCCC(=O)N1CCC(OCC2CCCCO2)CC1.Cl. The van der Waals surface area contributed by atoms with Gasteiger partial charge in [-0.05, 0) is 52.1 Å². The van der Waals surface area contributed by atoms with Crippen LogP contribution < -0.4 is 5.32 Å². The number of halogens is 1. The third-order valence-corrected chi connectivity index (χ3v) is 4.40. The summed E-state index contributed by atoms with van der Waals surface area (Å²) in [4.78, 5) is 14.0. The summed E-state index contributed by atoms with van der Waals surface area (Å²) in [6, 6.07) is 0. The van der Waals surface area contributed by atoms with Crippen molar-refractivity contribution in [1.29, 1.82) is 0 Å². The fraction of sp³-hybridized carbons (Fsp3) is 0.938. The van der Waals surface area contributed by atoms with Gasteiger partial charge in [-0.3, -0.25) is 4.79 Å². The molecule has 0 aromatic carbocycles. The molecule has 130 valence electrons. The Morgan fingerprint density at radius 1 is 1.27 bits per heavy atom. The number of nitrogens with zero attached hydrogens (tertiary/aromatic N) is 1. The van der Waals surface area contributed by atoms with Crippen molar-refractivity contribution in [3.05, 3.63) is 0 Å². The number of nitrogens with one attached hydrogen (secondary N) is 1. The first-order chi connectivity index (χ1) is 10.3.